The minimum atomic E-state index is -1.03. The molecular weight excluding hydrogens is 354 g/mol. The number of rotatable bonds is 3. The maximum atomic E-state index is 12.9. The number of carboxylic acid groups (broad SMARTS) is 1. The molecule has 0 aliphatic carbocycles. The quantitative estimate of drug-likeness (QED) is 0.642. The summed E-state index contributed by atoms with van der Waals surface area (Å²) in [4.78, 5) is 26.1. The molecule has 1 heterocycles. The number of aryl methyl sites for hydroxylation is 1. The molecule has 25 heavy (non-hydrogen) atoms. The molecule has 0 radical (unpaired) electrons. The van der Waals surface area contributed by atoms with E-state index in [0.717, 1.165) is 16.8 Å². The van der Waals surface area contributed by atoms with Gasteiger partial charge in [0, 0.05) is 0 Å². The number of thioether (sulfide) groups is 1. The molecule has 3 rings (SSSR count). The summed E-state index contributed by atoms with van der Waals surface area (Å²) in [5.74, 6) is -1.26. The second kappa shape index (κ2) is 6.82. The van der Waals surface area contributed by atoms with E-state index in [9.17, 15) is 14.7 Å². The first-order valence-corrected chi connectivity index (χ1v) is 8.79. The Labute approximate surface area is 155 Å². The number of anilines is 1. The number of amides is 1. The van der Waals surface area contributed by atoms with E-state index >= 15 is 0 Å². The Morgan fingerprint density at radius 2 is 1.88 bits per heavy atom. The van der Waals surface area contributed by atoms with Crippen molar-refractivity contribution in [2.45, 2.75) is 13.8 Å². The minimum Gasteiger partial charge on any atom is -0.478 e. The van der Waals surface area contributed by atoms with Gasteiger partial charge in [-0.3, -0.25) is 9.69 Å². The number of carbonyl (C=O) groups excluding carboxylic acids is 1. The van der Waals surface area contributed by atoms with Gasteiger partial charge >= 0.3 is 5.97 Å². The first-order valence-electron chi connectivity index (χ1n) is 7.56. The molecule has 0 unspecified atom stereocenters. The first-order chi connectivity index (χ1) is 11.9. The second-order valence-corrected chi connectivity index (χ2v) is 7.30. The van der Waals surface area contributed by atoms with Gasteiger partial charge in [0.25, 0.3) is 5.91 Å². The lowest BCUT2D eigenvalue weighted by molar-refractivity contribution is -0.113. The molecule has 0 bridgehead atoms. The van der Waals surface area contributed by atoms with Crippen LogP contribution in [0.1, 0.15) is 27.0 Å². The molecule has 1 amide bonds. The molecule has 0 atom stereocenters. The minimum absolute atomic E-state index is 0.152. The monoisotopic (exact) mass is 369 g/mol. The Hall–Kier alpha value is -2.44. The van der Waals surface area contributed by atoms with Crippen molar-refractivity contribution in [1.29, 1.82) is 0 Å². The van der Waals surface area contributed by atoms with E-state index in [4.69, 9.17) is 12.2 Å². The highest BCUT2D eigenvalue weighted by molar-refractivity contribution is 8.27. The molecule has 1 aliphatic heterocycles. The van der Waals surface area contributed by atoms with Crippen molar-refractivity contribution in [3.05, 3.63) is 69.6 Å². The maximum absolute atomic E-state index is 12.9. The van der Waals surface area contributed by atoms with E-state index < -0.39 is 5.97 Å². The third kappa shape index (κ3) is 3.23. The van der Waals surface area contributed by atoms with Gasteiger partial charge in [-0.1, -0.05) is 54.3 Å². The average molecular weight is 369 g/mol. The Morgan fingerprint density at radius 1 is 1.16 bits per heavy atom. The fourth-order valence-electron chi connectivity index (χ4n) is 2.61. The van der Waals surface area contributed by atoms with E-state index in [1.54, 1.807) is 24.3 Å². The largest absolute Gasteiger partial charge is 0.478 e. The third-order valence-corrected chi connectivity index (χ3v) is 5.39. The van der Waals surface area contributed by atoms with Crippen LogP contribution in [0.4, 0.5) is 5.69 Å². The molecule has 6 heteroatoms. The predicted molar refractivity (Wildman–Crippen MR) is 105 cm³/mol. The van der Waals surface area contributed by atoms with Crippen molar-refractivity contribution in [1.82, 2.24) is 0 Å². The molecule has 1 aliphatic rings. The van der Waals surface area contributed by atoms with Gasteiger partial charge in [0.2, 0.25) is 0 Å². The Morgan fingerprint density at radius 3 is 2.60 bits per heavy atom. The molecule has 126 valence electrons. The summed E-state index contributed by atoms with van der Waals surface area (Å²) in [6.45, 7) is 3.93. The highest BCUT2D eigenvalue weighted by Gasteiger charge is 2.34. The molecule has 2 aromatic rings. The van der Waals surface area contributed by atoms with Crippen LogP contribution < -0.4 is 4.90 Å². The molecular formula is C19H15NO3S2. The molecule has 0 saturated carbocycles. The van der Waals surface area contributed by atoms with Crippen LogP contribution in [0.2, 0.25) is 0 Å². The van der Waals surface area contributed by atoms with E-state index in [1.807, 2.05) is 32.0 Å². The van der Waals surface area contributed by atoms with E-state index in [-0.39, 0.29) is 11.5 Å². The van der Waals surface area contributed by atoms with Crippen molar-refractivity contribution in [2.75, 3.05) is 4.90 Å². The SMILES string of the molecule is Cc1cccc(N2C(=O)C(=Cc3ccccc3C(=O)O)SC2=S)c1C. The zero-order valence-electron chi connectivity index (χ0n) is 13.6. The Kier molecular flexibility index (Phi) is 4.74. The molecule has 4 nitrogen and oxygen atoms in total. The third-order valence-electron chi connectivity index (χ3n) is 4.09. The molecule has 1 saturated heterocycles. The van der Waals surface area contributed by atoms with Crippen molar-refractivity contribution < 1.29 is 14.7 Å². The van der Waals surface area contributed by atoms with Crippen molar-refractivity contribution in [3.63, 3.8) is 0 Å². The average Bonchev–Trinajstić information content (AvgIpc) is 2.85. The topological polar surface area (TPSA) is 57.6 Å². The highest BCUT2D eigenvalue weighted by Crippen LogP contribution is 2.38. The number of carboxylic acids is 1. The normalized spacial score (nSPS) is 15.9. The van der Waals surface area contributed by atoms with Gasteiger partial charge in [-0.2, -0.15) is 0 Å². The van der Waals surface area contributed by atoms with Crippen LogP contribution in [0.5, 0.6) is 0 Å². The van der Waals surface area contributed by atoms with Gasteiger partial charge in [-0.15, -0.1) is 0 Å². The van der Waals surface area contributed by atoms with E-state index in [1.165, 1.54) is 22.7 Å². The van der Waals surface area contributed by atoms with Crippen molar-refractivity contribution in [2.24, 2.45) is 0 Å². The van der Waals surface area contributed by atoms with Crippen LogP contribution in [-0.2, 0) is 4.79 Å². The summed E-state index contributed by atoms with van der Waals surface area (Å²) in [7, 11) is 0. The predicted octanol–water partition coefficient (Wildman–Crippen LogP) is 4.41. The molecule has 1 N–H and O–H groups in total. The number of hydrogen-bond acceptors (Lipinski definition) is 4. The number of aromatic carboxylic acids is 1. The van der Waals surface area contributed by atoms with Gasteiger partial charge in [0.05, 0.1) is 16.2 Å². The Bertz CT molecular complexity index is 934. The van der Waals surface area contributed by atoms with Gasteiger partial charge in [0.15, 0.2) is 4.32 Å². The molecule has 1 fully saturated rings. The fourth-order valence-corrected chi connectivity index (χ4v) is 3.89. The van der Waals surface area contributed by atoms with Crippen LogP contribution in [0, 0.1) is 13.8 Å². The lowest BCUT2D eigenvalue weighted by Crippen LogP contribution is -2.28. The van der Waals surface area contributed by atoms with Crippen molar-refractivity contribution >= 4 is 51.9 Å². The van der Waals surface area contributed by atoms with E-state index in [0.29, 0.717) is 14.8 Å². The summed E-state index contributed by atoms with van der Waals surface area (Å²) in [5, 5.41) is 9.30. The maximum Gasteiger partial charge on any atom is 0.336 e. The van der Waals surface area contributed by atoms with Gasteiger partial charge in [-0.05, 0) is 48.7 Å². The number of hydrogen-bond donors (Lipinski definition) is 1. The standard InChI is InChI=1S/C19H15NO3S2/c1-11-6-5-9-15(12(11)2)20-17(21)16(25-19(20)24)10-13-7-3-4-8-14(13)18(22)23/h3-10H,1-2H3,(H,22,23). The second-order valence-electron chi connectivity index (χ2n) is 5.63. The molecule has 0 aromatic heterocycles. The van der Waals surface area contributed by atoms with Crippen molar-refractivity contribution in [3.8, 4) is 0 Å². The van der Waals surface area contributed by atoms with Gasteiger partial charge < -0.3 is 5.11 Å². The van der Waals surface area contributed by atoms with Crippen LogP contribution in [0.25, 0.3) is 6.08 Å². The molecule has 2 aromatic carbocycles. The first kappa shape index (κ1) is 17.4. The number of benzene rings is 2. The summed E-state index contributed by atoms with van der Waals surface area (Å²) in [5.41, 5.74) is 3.46. The zero-order chi connectivity index (χ0) is 18.1. The lowest BCUT2D eigenvalue weighted by atomic mass is 10.1. The van der Waals surface area contributed by atoms with Gasteiger partial charge in [0.1, 0.15) is 0 Å². The fraction of sp³-hybridized carbons (Fsp3) is 0.105. The summed E-state index contributed by atoms with van der Waals surface area (Å²) < 4.78 is 0.442. The summed E-state index contributed by atoms with van der Waals surface area (Å²) in [6.07, 6.45) is 1.59. The number of nitrogens with zero attached hydrogens (tertiary/aromatic N) is 1. The van der Waals surface area contributed by atoms with Crippen LogP contribution in [0.15, 0.2) is 47.4 Å². The lowest BCUT2D eigenvalue weighted by Gasteiger charge is -2.18. The summed E-state index contributed by atoms with van der Waals surface area (Å²) >= 11 is 6.57. The van der Waals surface area contributed by atoms with E-state index in [2.05, 4.69) is 0 Å². The number of thiocarbonyl (C=S) groups is 1. The van der Waals surface area contributed by atoms with Crippen LogP contribution in [0.3, 0.4) is 0 Å². The highest BCUT2D eigenvalue weighted by atomic mass is 32.2. The summed E-state index contributed by atoms with van der Waals surface area (Å²) in [6, 6.07) is 12.3. The number of carbonyl (C=O) groups is 2. The Balaban J connectivity index is 2.03. The zero-order valence-corrected chi connectivity index (χ0v) is 15.3. The van der Waals surface area contributed by atoms with Gasteiger partial charge in [-0.25, -0.2) is 4.79 Å². The van der Waals surface area contributed by atoms with Crippen LogP contribution in [-0.4, -0.2) is 21.3 Å². The van der Waals surface area contributed by atoms with Crippen LogP contribution >= 0.6 is 24.0 Å². The smallest absolute Gasteiger partial charge is 0.336 e. The molecule has 0 spiro atoms.